The van der Waals surface area contributed by atoms with Crippen LogP contribution < -0.4 is 10.6 Å². The predicted molar refractivity (Wildman–Crippen MR) is 87.5 cm³/mol. The number of ether oxygens (including phenoxy) is 1. The predicted octanol–water partition coefficient (Wildman–Crippen LogP) is 3.12. The van der Waals surface area contributed by atoms with Crippen LogP contribution in [0, 0.1) is 5.92 Å². The van der Waals surface area contributed by atoms with Crippen LogP contribution in [0.3, 0.4) is 0 Å². The molecule has 4 heteroatoms. The SMILES string of the molecule is COCCN(c1cccc(SC)c1CN)C(C)C1CC1. The molecule has 0 aliphatic heterocycles. The van der Waals surface area contributed by atoms with Crippen molar-refractivity contribution in [2.24, 2.45) is 11.7 Å². The van der Waals surface area contributed by atoms with E-state index in [1.165, 1.54) is 29.0 Å². The quantitative estimate of drug-likeness (QED) is 0.748. The average molecular weight is 294 g/mol. The van der Waals surface area contributed by atoms with Gasteiger partial charge in [0.15, 0.2) is 0 Å². The first kappa shape index (κ1) is 15.7. The summed E-state index contributed by atoms with van der Waals surface area (Å²) in [5, 5.41) is 0. The molecule has 1 atom stereocenters. The Balaban J connectivity index is 2.31. The molecule has 0 aromatic heterocycles. The molecule has 1 fully saturated rings. The summed E-state index contributed by atoms with van der Waals surface area (Å²) in [5.74, 6) is 0.829. The van der Waals surface area contributed by atoms with E-state index in [9.17, 15) is 0 Å². The molecule has 2 N–H and O–H groups in total. The summed E-state index contributed by atoms with van der Waals surface area (Å²) >= 11 is 1.77. The molecule has 0 amide bonds. The highest BCUT2D eigenvalue weighted by molar-refractivity contribution is 7.98. The van der Waals surface area contributed by atoms with Gasteiger partial charge in [-0.3, -0.25) is 0 Å². The second-order valence-corrected chi connectivity index (χ2v) is 6.27. The molecule has 1 aliphatic rings. The molecule has 1 aromatic carbocycles. The minimum absolute atomic E-state index is 0.563. The van der Waals surface area contributed by atoms with E-state index in [2.05, 4.69) is 36.3 Å². The summed E-state index contributed by atoms with van der Waals surface area (Å²) < 4.78 is 5.30. The lowest BCUT2D eigenvalue weighted by atomic mass is 10.1. The summed E-state index contributed by atoms with van der Waals surface area (Å²) in [6.45, 7) is 4.61. The van der Waals surface area contributed by atoms with Crippen molar-refractivity contribution in [1.29, 1.82) is 0 Å². The van der Waals surface area contributed by atoms with Crippen LogP contribution in [-0.2, 0) is 11.3 Å². The van der Waals surface area contributed by atoms with E-state index in [0.717, 1.165) is 19.1 Å². The molecule has 1 saturated carbocycles. The van der Waals surface area contributed by atoms with Crippen LogP contribution >= 0.6 is 11.8 Å². The van der Waals surface area contributed by atoms with Gasteiger partial charge in [0.05, 0.1) is 6.61 Å². The van der Waals surface area contributed by atoms with Gasteiger partial charge in [-0.05, 0) is 44.1 Å². The third-order valence-corrected chi connectivity index (χ3v) is 5.00. The number of benzene rings is 1. The Morgan fingerprint density at radius 3 is 2.75 bits per heavy atom. The van der Waals surface area contributed by atoms with E-state index in [0.29, 0.717) is 12.6 Å². The molecule has 0 spiro atoms. The van der Waals surface area contributed by atoms with Crippen molar-refractivity contribution in [3.8, 4) is 0 Å². The number of methoxy groups -OCH3 is 1. The summed E-state index contributed by atoms with van der Waals surface area (Å²) in [4.78, 5) is 3.78. The van der Waals surface area contributed by atoms with E-state index < -0.39 is 0 Å². The van der Waals surface area contributed by atoms with Gasteiger partial charge in [-0.2, -0.15) is 0 Å². The number of nitrogens with zero attached hydrogens (tertiary/aromatic N) is 1. The van der Waals surface area contributed by atoms with Crippen LogP contribution in [0.5, 0.6) is 0 Å². The molecule has 0 radical (unpaired) electrons. The number of anilines is 1. The minimum atomic E-state index is 0.563. The van der Waals surface area contributed by atoms with E-state index in [1.54, 1.807) is 18.9 Å². The van der Waals surface area contributed by atoms with E-state index in [1.807, 2.05) is 0 Å². The Morgan fingerprint density at radius 1 is 1.45 bits per heavy atom. The van der Waals surface area contributed by atoms with Crippen molar-refractivity contribution in [1.82, 2.24) is 0 Å². The van der Waals surface area contributed by atoms with Crippen molar-refractivity contribution in [3.05, 3.63) is 23.8 Å². The number of hydrogen-bond acceptors (Lipinski definition) is 4. The Morgan fingerprint density at radius 2 is 2.20 bits per heavy atom. The van der Waals surface area contributed by atoms with Crippen LogP contribution in [-0.4, -0.2) is 32.6 Å². The first-order chi connectivity index (χ1) is 9.72. The Hall–Kier alpha value is -0.710. The lowest BCUT2D eigenvalue weighted by Gasteiger charge is -2.33. The van der Waals surface area contributed by atoms with Gasteiger partial charge in [0.1, 0.15) is 0 Å². The molecular weight excluding hydrogens is 268 g/mol. The van der Waals surface area contributed by atoms with Gasteiger partial charge >= 0.3 is 0 Å². The van der Waals surface area contributed by atoms with Crippen LogP contribution in [0.4, 0.5) is 5.69 Å². The Labute approximate surface area is 126 Å². The van der Waals surface area contributed by atoms with Crippen molar-refractivity contribution in [3.63, 3.8) is 0 Å². The fourth-order valence-corrected chi connectivity index (χ4v) is 3.43. The fourth-order valence-electron chi connectivity index (χ4n) is 2.79. The monoisotopic (exact) mass is 294 g/mol. The van der Waals surface area contributed by atoms with Gasteiger partial charge in [0, 0.05) is 42.4 Å². The van der Waals surface area contributed by atoms with E-state index >= 15 is 0 Å². The largest absolute Gasteiger partial charge is 0.383 e. The zero-order valence-corrected chi connectivity index (χ0v) is 13.6. The average Bonchev–Trinajstić information content (AvgIpc) is 3.31. The van der Waals surface area contributed by atoms with Gasteiger partial charge in [-0.15, -0.1) is 11.8 Å². The molecule has 3 nitrogen and oxygen atoms in total. The third kappa shape index (κ3) is 3.48. The Bertz CT molecular complexity index is 434. The van der Waals surface area contributed by atoms with E-state index in [-0.39, 0.29) is 0 Å². The molecular formula is C16H26N2OS. The van der Waals surface area contributed by atoms with Crippen molar-refractivity contribution in [2.75, 3.05) is 31.4 Å². The van der Waals surface area contributed by atoms with Gasteiger partial charge in [0.2, 0.25) is 0 Å². The van der Waals surface area contributed by atoms with Crippen LogP contribution in [0.1, 0.15) is 25.3 Å². The fraction of sp³-hybridized carbons (Fsp3) is 0.625. The molecule has 0 bridgehead atoms. The summed E-state index contributed by atoms with van der Waals surface area (Å²) in [6.07, 6.45) is 4.82. The lowest BCUT2D eigenvalue weighted by Crippen LogP contribution is -2.38. The smallest absolute Gasteiger partial charge is 0.0637 e. The maximum absolute atomic E-state index is 6.01. The first-order valence-corrected chi connectivity index (χ1v) is 8.57. The lowest BCUT2D eigenvalue weighted by molar-refractivity contribution is 0.202. The number of nitrogens with two attached hydrogens (primary N) is 1. The van der Waals surface area contributed by atoms with Crippen LogP contribution in [0.2, 0.25) is 0 Å². The number of hydrogen-bond donors (Lipinski definition) is 1. The maximum atomic E-state index is 6.01. The summed E-state index contributed by atoms with van der Waals surface area (Å²) in [7, 11) is 1.77. The Kier molecular flexibility index (Phi) is 5.75. The maximum Gasteiger partial charge on any atom is 0.0637 e. The zero-order valence-electron chi connectivity index (χ0n) is 12.8. The molecule has 112 valence electrons. The summed E-state index contributed by atoms with van der Waals surface area (Å²) in [5.41, 5.74) is 8.57. The van der Waals surface area contributed by atoms with Gasteiger partial charge in [0.25, 0.3) is 0 Å². The van der Waals surface area contributed by atoms with Crippen molar-refractivity contribution >= 4 is 17.4 Å². The highest BCUT2D eigenvalue weighted by atomic mass is 32.2. The minimum Gasteiger partial charge on any atom is -0.383 e. The van der Waals surface area contributed by atoms with Gasteiger partial charge in [-0.25, -0.2) is 0 Å². The van der Waals surface area contributed by atoms with Crippen LogP contribution in [0.15, 0.2) is 23.1 Å². The molecule has 1 aliphatic carbocycles. The van der Waals surface area contributed by atoms with Crippen molar-refractivity contribution in [2.45, 2.75) is 37.2 Å². The topological polar surface area (TPSA) is 38.5 Å². The molecule has 1 aromatic rings. The molecule has 0 heterocycles. The third-order valence-electron chi connectivity index (χ3n) is 4.17. The van der Waals surface area contributed by atoms with E-state index in [4.69, 9.17) is 10.5 Å². The highest BCUT2D eigenvalue weighted by Gasteiger charge is 2.32. The van der Waals surface area contributed by atoms with Gasteiger partial charge < -0.3 is 15.4 Å². The molecule has 1 unspecified atom stereocenters. The highest BCUT2D eigenvalue weighted by Crippen LogP contribution is 2.39. The zero-order chi connectivity index (χ0) is 14.5. The van der Waals surface area contributed by atoms with Crippen LogP contribution in [0.25, 0.3) is 0 Å². The standard InChI is InChI=1S/C16H26N2OS/c1-12(13-7-8-13)18(9-10-19-2)15-5-4-6-16(20-3)14(15)11-17/h4-6,12-13H,7-11,17H2,1-3H3. The molecule has 2 rings (SSSR count). The number of thioether (sulfide) groups is 1. The molecule has 0 saturated heterocycles. The van der Waals surface area contributed by atoms with Crippen molar-refractivity contribution < 1.29 is 4.74 Å². The second-order valence-electron chi connectivity index (χ2n) is 5.43. The number of rotatable bonds is 8. The molecule has 20 heavy (non-hydrogen) atoms. The first-order valence-electron chi connectivity index (χ1n) is 7.34. The summed E-state index contributed by atoms with van der Waals surface area (Å²) in [6, 6.07) is 7.07. The normalized spacial score (nSPS) is 16.2. The van der Waals surface area contributed by atoms with Gasteiger partial charge in [-0.1, -0.05) is 6.07 Å². The second kappa shape index (κ2) is 7.34.